The molecule has 2 N–H and O–H groups in total. The van der Waals surface area contributed by atoms with Crippen molar-refractivity contribution in [1.29, 1.82) is 0 Å². The summed E-state index contributed by atoms with van der Waals surface area (Å²) in [5, 5.41) is 14.3. The predicted octanol–water partition coefficient (Wildman–Crippen LogP) is 3.28. The minimum atomic E-state index is -0.204. The number of hydrogen-bond donors (Lipinski definition) is 2. The van der Waals surface area contributed by atoms with Gasteiger partial charge in [0, 0.05) is 6.04 Å². The molecule has 2 amide bonds. The molecule has 30 heavy (non-hydrogen) atoms. The number of thioether (sulfide) groups is 1. The van der Waals surface area contributed by atoms with Gasteiger partial charge in [-0.3, -0.25) is 9.59 Å². The molecule has 162 valence electrons. The van der Waals surface area contributed by atoms with E-state index in [-0.39, 0.29) is 18.2 Å². The van der Waals surface area contributed by atoms with Crippen molar-refractivity contribution in [3.05, 3.63) is 23.8 Å². The van der Waals surface area contributed by atoms with E-state index in [9.17, 15) is 9.59 Å². The second-order valence-corrected chi connectivity index (χ2v) is 9.18. The lowest BCUT2D eigenvalue weighted by Gasteiger charge is -2.22. The Hall–Kier alpha value is -2.33. The number of hydrogen-bond acceptors (Lipinski definition) is 8. The average Bonchev–Trinajstić information content (AvgIpc) is 3.20. The smallest absolute Gasteiger partial charge is 0.230 e. The summed E-state index contributed by atoms with van der Waals surface area (Å²) >= 11 is 2.59. The van der Waals surface area contributed by atoms with E-state index in [0.717, 1.165) is 18.4 Å². The zero-order valence-corrected chi connectivity index (χ0v) is 18.7. The Balaban J connectivity index is 1.45. The fourth-order valence-corrected chi connectivity index (χ4v) is 4.88. The van der Waals surface area contributed by atoms with E-state index < -0.39 is 0 Å². The van der Waals surface area contributed by atoms with Crippen LogP contribution in [-0.2, 0) is 16.0 Å². The third-order valence-electron chi connectivity index (χ3n) is 4.76. The summed E-state index contributed by atoms with van der Waals surface area (Å²) in [6, 6.07) is 5.64. The number of benzene rings is 1. The lowest BCUT2D eigenvalue weighted by Crippen LogP contribution is -2.37. The van der Waals surface area contributed by atoms with Gasteiger partial charge in [-0.2, -0.15) is 0 Å². The number of carbonyl (C=O) groups is 2. The van der Waals surface area contributed by atoms with Gasteiger partial charge in [-0.05, 0) is 30.5 Å². The molecular formula is C20H26N4O4S2. The van der Waals surface area contributed by atoms with Crippen molar-refractivity contribution in [2.24, 2.45) is 0 Å². The third kappa shape index (κ3) is 6.60. The third-order valence-corrected chi connectivity index (χ3v) is 6.73. The number of methoxy groups -OCH3 is 2. The molecule has 1 aromatic carbocycles. The molecule has 1 saturated carbocycles. The molecule has 10 heteroatoms. The van der Waals surface area contributed by atoms with E-state index in [1.807, 2.05) is 6.07 Å². The van der Waals surface area contributed by atoms with Gasteiger partial charge in [0.25, 0.3) is 0 Å². The highest BCUT2D eigenvalue weighted by Gasteiger charge is 2.17. The van der Waals surface area contributed by atoms with Crippen LogP contribution < -0.4 is 20.1 Å². The first kappa shape index (κ1) is 22.4. The van der Waals surface area contributed by atoms with Crippen LogP contribution in [0.25, 0.3) is 0 Å². The summed E-state index contributed by atoms with van der Waals surface area (Å²) in [6.45, 7) is 0. The Bertz CT molecular complexity index is 868. The fourth-order valence-electron chi connectivity index (χ4n) is 3.30. The number of anilines is 1. The van der Waals surface area contributed by atoms with E-state index in [1.165, 1.54) is 42.4 Å². The summed E-state index contributed by atoms with van der Waals surface area (Å²) in [5.74, 6) is 1.29. The Morgan fingerprint density at radius 1 is 1.10 bits per heavy atom. The van der Waals surface area contributed by atoms with Crippen LogP contribution in [0.1, 0.15) is 37.7 Å². The van der Waals surface area contributed by atoms with Gasteiger partial charge in [-0.1, -0.05) is 48.4 Å². The van der Waals surface area contributed by atoms with Crippen molar-refractivity contribution >= 4 is 40.0 Å². The molecule has 8 nitrogen and oxygen atoms in total. The molecule has 1 fully saturated rings. The fraction of sp³-hybridized carbons (Fsp3) is 0.500. The second kappa shape index (κ2) is 11.2. The molecule has 1 aliphatic carbocycles. The van der Waals surface area contributed by atoms with Crippen molar-refractivity contribution in [2.45, 2.75) is 48.9 Å². The summed E-state index contributed by atoms with van der Waals surface area (Å²) in [7, 11) is 3.12. The monoisotopic (exact) mass is 450 g/mol. The largest absolute Gasteiger partial charge is 0.493 e. The van der Waals surface area contributed by atoms with Crippen LogP contribution in [0.3, 0.4) is 0 Å². The van der Waals surface area contributed by atoms with Gasteiger partial charge in [0.2, 0.25) is 16.9 Å². The zero-order valence-electron chi connectivity index (χ0n) is 17.1. The maximum Gasteiger partial charge on any atom is 0.230 e. The van der Waals surface area contributed by atoms with Gasteiger partial charge < -0.3 is 20.1 Å². The van der Waals surface area contributed by atoms with E-state index in [2.05, 4.69) is 20.8 Å². The normalized spacial score (nSPS) is 14.2. The molecule has 1 aromatic heterocycles. The maximum atomic E-state index is 12.3. The Morgan fingerprint density at radius 2 is 1.87 bits per heavy atom. The van der Waals surface area contributed by atoms with Crippen LogP contribution >= 0.6 is 23.1 Å². The number of carbonyl (C=O) groups excluding carboxylic acids is 2. The molecule has 0 aliphatic heterocycles. The number of ether oxygens (including phenoxy) is 2. The molecule has 2 aromatic rings. The minimum Gasteiger partial charge on any atom is -0.493 e. The average molecular weight is 451 g/mol. The number of amides is 2. The summed E-state index contributed by atoms with van der Waals surface area (Å²) < 4.78 is 11.1. The summed E-state index contributed by atoms with van der Waals surface area (Å²) in [4.78, 5) is 24.4. The van der Waals surface area contributed by atoms with Crippen LogP contribution in [0.2, 0.25) is 0 Å². The quantitative estimate of drug-likeness (QED) is 0.446. The lowest BCUT2D eigenvalue weighted by molar-refractivity contribution is -0.119. The summed E-state index contributed by atoms with van der Waals surface area (Å²) in [6.07, 6.45) is 5.91. The van der Waals surface area contributed by atoms with Gasteiger partial charge in [0.1, 0.15) is 0 Å². The van der Waals surface area contributed by atoms with Crippen LogP contribution in [0.5, 0.6) is 11.5 Å². The number of nitrogens with one attached hydrogen (secondary N) is 2. The van der Waals surface area contributed by atoms with Crippen molar-refractivity contribution in [1.82, 2.24) is 15.5 Å². The highest BCUT2D eigenvalue weighted by Crippen LogP contribution is 2.28. The molecule has 0 saturated heterocycles. The number of aromatic nitrogens is 2. The zero-order chi connectivity index (χ0) is 21.3. The van der Waals surface area contributed by atoms with E-state index in [4.69, 9.17) is 9.47 Å². The Kier molecular flexibility index (Phi) is 8.32. The van der Waals surface area contributed by atoms with Crippen LogP contribution in [0.15, 0.2) is 22.5 Å². The lowest BCUT2D eigenvalue weighted by atomic mass is 9.95. The van der Waals surface area contributed by atoms with Crippen molar-refractivity contribution in [2.75, 3.05) is 25.3 Å². The molecule has 0 spiro atoms. The van der Waals surface area contributed by atoms with Gasteiger partial charge in [0.05, 0.1) is 26.4 Å². The number of nitrogens with zero attached hydrogens (tertiary/aromatic N) is 2. The van der Waals surface area contributed by atoms with Crippen molar-refractivity contribution in [3.8, 4) is 11.5 Å². The predicted molar refractivity (Wildman–Crippen MR) is 118 cm³/mol. The first-order chi connectivity index (χ1) is 14.6. The first-order valence-electron chi connectivity index (χ1n) is 9.84. The molecule has 1 aliphatic rings. The van der Waals surface area contributed by atoms with Gasteiger partial charge in [-0.25, -0.2) is 0 Å². The standard InChI is InChI=1S/C20H26N4O4S2/c1-27-15-9-8-13(10-16(15)28-2)11-17(25)22-19-23-24-20(30-19)29-12-18(26)21-14-6-4-3-5-7-14/h8-10,14H,3-7,11-12H2,1-2H3,(H,21,26)(H,22,23,25). The molecule has 0 unspecified atom stereocenters. The summed E-state index contributed by atoms with van der Waals surface area (Å²) in [5.41, 5.74) is 0.795. The van der Waals surface area contributed by atoms with Crippen LogP contribution in [-0.4, -0.2) is 48.0 Å². The van der Waals surface area contributed by atoms with E-state index in [1.54, 1.807) is 26.4 Å². The van der Waals surface area contributed by atoms with E-state index in [0.29, 0.717) is 32.8 Å². The second-order valence-electron chi connectivity index (χ2n) is 6.98. The van der Waals surface area contributed by atoms with Crippen molar-refractivity contribution in [3.63, 3.8) is 0 Å². The maximum absolute atomic E-state index is 12.3. The minimum absolute atomic E-state index is 0.0149. The molecule has 0 bridgehead atoms. The van der Waals surface area contributed by atoms with Gasteiger partial charge in [-0.15, -0.1) is 10.2 Å². The van der Waals surface area contributed by atoms with E-state index >= 15 is 0 Å². The molecule has 1 heterocycles. The SMILES string of the molecule is COc1ccc(CC(=O)Nc2nnc(SCC(=O)NC3CCCCC3)s2)cc1OC. The molecular weight excluding hydrogens is 424 g/mol. The van der Waals surface area contributed by atoms with Gasteiger partial charge >= 0.3 is 0 Å². The molecule has 0 atom stereocenters. The molecule has 3 rings (SSSR count). The van der Waals surface area contributed by atoms with Crippen LogP contribution in [0.4, 0.5) is 5.13 Å². The highest BCUT2D eigenvalue weighted by atomic mass is 32.2. The Labute approximate surface area is 184 Å². The van der Waals surface area contributed by atoms with Crippen LogP contribution in [0, 0.1) is 0 Å². The van der Waals surface area contributed by atoms with Crippen molar-refractivity contribution < 1.29 is 19.1 Å². The first-order valence-corrected chi connectivity index (χ1v) is 11.6. The highest BCUT2D eigenvalue weighted by molar-refractivity contribution is 8.01. The number of rotatable bonds is 9. The molecule has 0 radical (unpaired) electrons. The van der Waals surface area contributed by atoms with Gasteiger partial charge in [0.15, 0.2) is 15.8 Å². The Morgan fingerprint density at radius 3 is 2.60 bits per heavy atom. The topological polar surface area (TPSA) is 102 Å².